The van der Waals surface area contributed by atoms with E-state index in [2.05, 4.69) is 20.2 Å². The van der Waals surface area contributed by atoms with Crippen molar-refractivity contribution in [3.63, 3.8) is 0 Å². The SMILES string of the molecule is Cc1cnc(C)c(N2CCCC(CNC(=O)c3ccccc3)C2)n1. The van der Waals surface area contributed by atoms with Crippen LogP contribution in [0.5, 0.6) is 0 Å². The Kier molecular flexibility index (Phi) is 5.08. The number of carbonyl (C=O) groups is 1. The average Bonchev–Trinajstić information content (AvgIpc) is 2.62. The number of nitrogens with one attached hydrogen (secondary N) is 1. The van der Waals surface area contributed by atoms with Crippen molar-refractivity contribution >= 4 is 11.7 Å². The lowest BCUT2D eigenvalue weighted by atomic mass is 9.97. The highest BCUT2D eigenvalue weighted by molar-refractivity contribution is 5.94. The maximum absolute atomic E-state index is 12.2. The predicted molar refractivity (Wildman–Crippen MR) is 95.2 cm³/mol. The Morgan fingerprint density at radius 1 is 1.29 bits per heavy atom. The molecule has 1 aliphatic heterocycles. The quantitative estimate of drug-likeness (QED) is 0.939. The molecule has 1 aliphatic rings. The van der Waals surface area contributed by atoms with Gasteiger partial charge in [0.25, 0.3) is 5.91 Å². The van der Waals surface area contributed by atoms with Crippen molar-refractivity contribution in [2.75, 3.05) is 24.5 Å². The van der Waals surface area contributed by atoms with Crippen LogP contribution in [0.1, 0.15) is 34.6 Å². The van der Waals surface area contributed by atoms with Crippen molar-refractivity contribution < 1.29 is 4.79 Å². The van der Waals surface area contributed by atoms with Gasteiger partial charge in [0.15, 0.2) is 0 Å². The predicted octanol–water partition coefficient (Wildman–Crippen LogP) is 2.74. The van der Waals surface area contributed by atoms with Gasteiger partial charge in [0, 0.05) is 31.4 Å². The van der Waals surface area contributed by atoms with E-state index in [0.717, 1.165) is 43.1 Å². The van der Waals surface area contributed by atoms with E-state index < -0.39 is 0 Å². The minimum Gasteiger partial charge on any atom is -0.355 e. The lowest BCUT2D eigenvalue weighted by Crippen LogP contribution is -2.41. The second kappa shape index (κ2) is 7.43. The maximum Gasteiger partial charge on any atom is 0.251 e. The molecule has 0 aliphatic carbocycles. The standard InChI is InChI=1S/C19H24N4O/c1-14-11-20-15(2)18(22-14)23-10-6-7-16(13-23)12-21-19(24)17-8-4-3-5-9-17/h3-5,8-9,11,16H,6-7,10,12-13H2,1-2H3,(H,21,24). The highest BCUT2D eigenvalue weighted by Crippen LogP contribution is 2.23. The molecule has 0 spiro atoms. The van der Waals surface area contributed by atoms with Gasteiger partial charge in [-0.3, -0.25) is 9.78 Å². The molecule has 0 bridgehead atoms. The summed E-state index contributed by atoms with van der Waals surface area (Å²) in [5, 5.41) is 3.07. The number of aryl methyl sites for hydroxylation is 2. The van der Waals surface area contributed by atoms with E-state index >= 15 is 0 Å². The fourth-order valence-corrected chi connectivity index (χ4v) is 3.18. The molecule has 5 nitrogen and oxygen atoms in total. The molecular formula is C19H24N4O. The van der Waals surface area contributed by atoms with Crippen LogP contribution in [0.4, 0.5) is 5.82 Å². The topological polar surface area (TPSA) is 58.1 Å². The molecule has 2 heterocycles. The first-order chi connectivity index (χ1) is 11.6. The summed E-state index contributed by atoms with van der Waals surface area (Å²) in [5.41, 5.74) is 2.62. The van der Waals surface area contributed by atoms with Gasteiger partial charge in [0.05, 0.1) is 11.4 Å². The Bertz CT molecular complexity index is 702. The Morgan fingerprint density at radius 2 is 2.08 bits per heavy atom. The van der Waals surface area contributed by atoms with Crippen LogP contribution in [-0.2, 0) is 0 Å². The van der Waals surface area contributed by atoms with E-state index in [0.29, 0.717) is 18.0 Å². The number of piperidine rings is 1. The van der Waals surface area contributed by atoms with Crippen molar-refractivity contribution in [3.05, 3.63) is 53.5 Å². The molecule has 1 aromatic heterocycles. The normalized spacial score (nSPS) is 17.6. The minimum absolute atomic E-state index is 0.000693. The van der Waals surface area contributed by atoms with Gasteiger partial charge in [-0.1, -0.05) is 18.2 Å². The van der Waals surface area contributed by atoms with E-state index in [9.17, 15) is 4.79 Å². The molecule has 0 radical (unpaired) electrons. The number of rotatable bonds is 4. The summed E-state index contributed by atoms with van der Waals surface area (Å²) in [6, 6.07) is 9.37. The van der Waals surface area contributed by atoms with Gasteiger partial charge < -0.3 is 10.2 Å². The highest BCUT2D eigenvalue weighted by Gasteiger charge is 2.23. The minimum atomic E-state index is -0.000693. The highest BCUT2D eigenvalue weighted by atomic mass is 16.1. The van der Waals surface area contributed by atoms with Gasteiger partial charge in [-0.15, -0.1) is 0 Å². The molecule has 1 unspecified atom stereocenters. The molecular weight excluding hydrogens is 300 g/mol. The van der Waals surface area contributed by atoms with Crippen LogP contribution >= 0.6 is 0 Å². The molecule has 126 valence electrons. The number of aromatic nitrogens is 2. The van der Waals surface area contributed by atoms with Crippen LogP contribution in [-0.4, -0.2) is 35.5 Å². The van der Waals surface area contributed by atoms with Crippen LogP contribution in [0.25, 0.3) is 0 Å². The first-order valence-corrected chi connectivity index (χ1v) is 8.52. The van der Waals surface area contributed by atoms with Crippen molar-refractivity contribution in [3.8, 4) is 0 Å². The second-order valence-electron chi connectivity index (χ2n) is 6.45. The monoisotopic (exact) mass is 324 g/mol. The maximum atomic E-state index is 12.2. The zero-order valence-corrected chi connectivity index (χ0v) is 14.3. The Labute approximate surface area is 143 Å². The second-order valence-corrected chi connectivity index (χ2v) is 6.45. The summed E-state index contributed by atoms with van der Waals surface area (Å²) in [4.78, 5) is 23.6. The van der Waals surface area contributed by atoms with E-state index in [1.807, 2.05) is 44.2 Å². The molecule has 1 saturated heterocycles. The smallest absolute Gasteiger partial charge is 0.251 e. The molecule has 1 N–H and O–H groups in total. The number of anilines is 1. The number of carbonyl (C=O) groups excluding carboxylic acids is 1. The fourth-order valence-electron chi connectivity index (χ4n) is 3.18. The number of hydrogen-bond acceptors (Lipinski definition) is 4. The average molecular weight is 324 g/mol. The fraction of sp³-hybridized carbons (Fsp3) is 0.421. The first-order valence-electron chi connectivity index (χ1n) is 8.52. The van der Waals surface area contributed by atoms with E-state index in [-0.39, 0.29) is 5.91 Å². The van der Waals surface area contributed by atoms with Crippen molar-refractivity contribution in [1.82, 2.24) is 15.3 Å². The zero-order valence-electron chi connectivity index (χ0n) is 14.3. The lowest BCUT2D eigenvalue weighted by Gasteiger charge is -2.34. The summed E-state index contributed by atoms with van der Waals surface area (Å²) in [6.07, 6.45) is 4.05. The molecule has 1 aromatic carbocycles. The summed E-state index contributed by atoms with van der Waals surface area (Å²) in [5.74, 6) is 1.42. The number of hydrogen-bond donors (Lipinski definition) is 1. The van der Waals surface area contributed by atoms with Crippen LogP contribution < -0.4 is 10.2 Å². The third kappa shape index (κ3) is 3.91. The van der Waals surface area contributed by atoms with Gasteiger partial charge in [0.2, 0.25) is 0 Å². The van der Waals surface area contributed by atoms with Crippen molar-refractivity contribution in [2.24, 2.45) is 5.92 Å². The van der Waals surface area contributed by atoms with Gasteiger partial charge in [-0.05, 0) is 44.7 Å². The van der Waals surface area contributed by atoms with E-state index in [4.69, 9.17) is 0 Å². The Morgan fingerprint density at radius 3 is 2.88 bits per heavy atom. The summed E-state index contributed by atoms with van der Waals surface area (Å²) < 4.78 is 0. The third-order valence-corrected chi connectivity index (χ3v) is 4.46. The summed E-state index contributed by atoms with van der Waals surface area (Å²) in [7, 11) is 0. The van der Waals surface area contributed by atoms with E-state index in [1.54, 1.807) is 6.20 Å². The zero-order chi connectivity index (χ0) is 16.9. The first kappa shape index (κ1) is 16.4. The third-order valence-electron chi connectivity index (χ3n) is 4.46. The molecule has 2 aromatic rings. The Balaban J connectivity index is 1.60. The molecule has 3 rings (SSSR count). The molecule has 0 saturated carbocycles. The van der Waals surface area contributed by atoms with Crippen LogP contribution in [0.3, 0.4) is 0 Å². The number of amides is 1. The molecule has 5 heteroatoms. The van der Waals surface area contributed by atoms with Gasteiger partial charge in [-0.2, -0.15) is 0 Å². The Hall–Kier alpha value is -2.43. The van der Waals surface area contributed by atoms with Gasteiger partial charge in [0.1, 0.15) is 5.82 Å². The molecule has 24 heavy (non-hydrogen) atoms. The van der Waals surface area contributed by atoms with Gasteiger partial charge >= 0.3 is 0 Å². The number of benzene rings is 1. The summed E-state index contributed by atoms with van der Waals surface area (Å²) >= 11 is 0. The van der Waals surface area contributed by atoms with Crippen molar-refractivity contribution in [1.29, 1.82) is 0 Å². The van der Waals surface area contributed by atoms with Crippen LogP contribution in [0.15, 0.2) is 36.5 Å². The lowest BCUT2D eigenvalue weighted by molar-refractivity contribution is 0.0945. The number of nitrogens with zero attached hydrogens (tertiary/aromatic N) is 3. The molecule has 1 atom stereocenters. The van der Waals surface area contributed by atoms with Crippen LogP contribution in [0, 0.1) is 19.8 Å². The van der Waals surface area contributed by atoms with Crippen molar-refractivity contribution in [2.45, 2.75) is 26.7 Å². The van der Waals surface area contributed by atoms with Crippen LogP contribution in [0.2, 0.25) is 0 Å². The largest absolute Gasteiger partial charge is 0.355 e. The molecule has 1 amide bonds. The van der Waals surface area contributed by atoms with E-state index in [1.165, 1.54) is 0 Å². The van der Waals surface area contributed by atoms with Gasteiger partial charge in [-0.25, -0.2) is 4.98 Å². The molecule has 1 fully saturated rings. The summed E-state index contributed by atoms with van der Waals surface area (Å²) in [6.45, 7) is 6.58.